The third-order valence-corrected chi connectivity index (χ3v) is 3.32. The predicted octanol–water partition coefficient (Wildman–Crippen LogP) is 2.64. The van der Waals surface area contributed by atoms with E-state index in [-0.39, 0.29) is 6.10 Å². The molecule has 92 valence electrons. The minimum absolute atomic E-state index is 0.297. The Bertz CT molecular complexity index is 539. The minimum Gasteiger partial charge on any atom is -0.489 e. The van der Waals surface area contributed by atoms with Crippen LogP contribution in [0.1, 0.15) is 29.2 Å². The molecule has 0 spiro atoms. The molecule has 18 heavy (non-hydrogen) atoms. The highest BCUT2D eigenvalue weighted by molar-refractivity contribution is 5.39. The summed E-state index contributed by atoms with van der Waals surface area (Å²) >= 11 is 0. The van der Waals surface area contributed by atoms with E-state index < -0.39 is 0 Å². The molecule has 0 fully saturated rings. The van der Waals surface area contributed by atoms with Crippen LogP contribution in [0.5, 0.6) is 5.75 Å². The van der Waals surface area contributed by atoms with Gasteiger partial charge in [0.15, 0.2) is 0 Å². The zero-order valence-electron chi connectivity index (χ0n) is 10.0. The number of nitrogens with zero attached hydrogens (tertiary/aromatic N) is 1. The van der Waals surface area contributed by atoms with Gasteiger partial charge in [0.1, 0.15) is 12.4 Å². The number of aryl methyl sites for hydroxylation is 1. The molecule has 1 heterocycles. The lowest BCUT2D eigenvalue weighted by atomic mass is 10.1. The zero-order valence-corrected chi connectivity index (χ0v) is 10.0. The van der Waals surface area contributed by atoms with Crippen LogP contribution in [-0.4, -0.2) is 10.1 Å². The number of benzene rings is 1. The molecule has 1 atom stereocenters. The average molecular weight is 241 g/mol. The summed E-state index contributed by atoms with van der Waals surface area (Å²) in [5, 5.41) is 9.73. The van der Waals surface area contributed by atoms with E-state index in [2.05, 4.69) is 4.98 Å². The van der Waals surface area contributed by atoms with Crippen LogP contribution in [0.3, 0.4) is 0 Å². The van der Waals surface area contributed by atoms with Crippen LogP contribution in [0.15, 0.2) is 42.7 Å². The lowest BCUT2D eigenvalue weighted by molar-refractivity contribution is 0.180. The van der Waals surface area contributed by atoms with Gasteiger partial charge in [0.05, 0.1) is 6.10 Å². The van der Waals surface area contributed by atoms with E-state index in [0.29, 0.717) is 6.61 Å². The molecule has 1 aliphatic rings. The van der Waals surface area contributed by atoms with E-state index >= 15 is 0 Å². The molecule has 3 heteroatoms. The van der Waals surface area contributed by atoms with Crippen LogP contribution in [0.4, 0.5) is 0 Å². The van der Waals surface area contributed by atoms with Crippen LogP contribution < -0.4 is 4.74 Å². The number of fused-ring (bicyclic) bond motifs is 1. The molecule has 0 aliphatic heterocycles. The second kappa shape index (κ2) is 4.78. The summed E-state index contributed by atoms with van der Waals surface area (Å²) in [5.74, 6) is 0.861. The highest BCUT2D eigenvalue weighted by atomic mass is 16.5. The third-order valence-electron chi connectivity index (χ3n) is 3.32. The Morgan fingerprint density at radius 3 is 2.89 bits per heavy atom. The largest absolute Gasteiger partial charge is 0.489 e. The van der Waals surface area contributed by atoms with Crippen LogP contribution in [0.2, 0.25) is 0 Å². The number of aromatic nitrogens is 1. The Morgan fingerprint density at radius 1 is 1.22 bits per heavy atom. The van der Waals surface area contributed by atoms with Gasteiger partial charge in [0, 0.05) is 12.4 Å². The fourth-order valence-corrected chi connectivity index (χ4v) is 2.31. The molecule has 3 nitrogen and oxygen atoms in total. The summed E-state index contributed by atoms with van der Waals surface area (Å²) in [7, 11) is 0. The maximum absolute atomic E-state index is 9.73. The van der Waals surface area contributed by atoms with E-state index in [1.54, 1.807) is 12.4 Å². The number of aliphatic hydroxyl groups is 1. The molecule has 0 amide bonds. The first-order chi connectivity index (χ1) is 8.83. The van der Waals surface area contributed by atoms with Crippen molar-refractivity contribution >= 4 is 0 Å². The Kier molecular flexibility index (Phi) is 2.99. The maximum atomic E-state index is 9.73. The van der Waals surface area contributed by atoms with Gasteiger partial charge < -0.3 is 9.84 Å². The van der Waals surface area contributed by atoms with Gasteiger partial charge in [-0.05, 0) is 53.8 Å². The molecule has 1 aromatic carbocycles. The summed E-state index contributed by atoms with van der Waals surface area (Å²) in [4.78, 5) is 3.97. The molecular weight excluding hydrogens is 226 g/mol. The molecule has 0 saturated heterocycles. The van der Waals surface area contributed by atoms with Crippen molar-refractivity contribution in [1.82, 2.24) is 4.98 Å². The van der Waals surface area contributed by atoms with Gasteiger partial charge >= 0.3 is 0 Å². The first-order valence-electron chi connectivity index (χ1n) is 6.15. The van der Waals surface area contributed by atoms with Crippen LogP contribution in [-0.2, 0) is 13.0 Å². The number of aliphatic hydroxyl groups excluding tert-OH is 1. The normalized spacial score (nSPS) is 17.5. The highest BCUT2D eigenvalue weighted by Crippen LogP contribution is 2.33. The fourth-order valence-electron chi connectivity index (χ4n) is 2.31. The second-order valence-corrected chi connectivity index (χ2v) is 4.56. The average Bonchev–Trinajstić information content (AvgIpc) is 2.79. The van der Waals surface area contributed by atoms with Crippen LogP contribution in [0, 0.1) is 0 Å². The Balaban J connectivity index is 1.71. The molecule has 3 rings (SSSR count). The van der Waals surface area contributed by atoms with Crippen LogP contribution in [0.25, 0.3) is 0 Å². The minimum atomic E-state index is -0.297. The number of hydrogen-bond donors (Lipinski definition) is 1. The van der Waals surface area contributed by atoms with E-state index in [1.165, 1.54) is 5.56 Å². The lowest BCUT2D eigenvalue weighted by Crippen LogP contribution is -1.96. The molecular formula is C15H15NO2. The first-order valence-corrected chi connectivity index (χ1v) is 6.15. The van der Waals surface area contributed by atoms with Gasteiger partial charge in [0.2, 0.25) is 0 Å². The van der Waals surface area contributed by atoms with Crippen molar-refractivity contribution in [3.8, 4) is 5.75 Å². The van der Waals surface area contributed by atoms with Gasteiger partial charge in [-0.25, -0.2) is 0 Å². The second-order valence-electron chi connectivity index (χ2n) is 4.56. The smallest absolute Gasteiger partial charge is 0.120 e. The first kappa shape index (κ1) is 11.2. The Morgan fingerprint density at radius 2 is 2.06 bits per heavy atom. The van der Waals surface area contributed by atoms with Crippen LogP contribution >= 0.6 is 0 Å². The highest BCUT2D eigenvalue weighted by Gasteiger charge is 2.20. The standard InChI is InChI=1S/C15H15NO2/c17-15-4-1-12-9-13(2-3-14(12)15)18-10-11-5-7-16-8-6-11/h2-3,5-9,15,17H,1,4,10H2/t15-/m1/s1. The van der Waals surface area contributed by atoms with Gasteiger partial charge in [-0.1, -0.05) is 6.07 Å². The lowest BCUT2D eigenvalue weighted by Gasteiger charge is -2.09. The zero-order chi connectivity index (χ0) is 12.4. The van der Waals surface area contributed by atoms with E-state index in [9.17, 15) is 5.11 Å². The van der Waals surface area contributed by atoms with Crippen molar-refractivity contribution in [1.29, 1.82) is 0 Å². The molecule has 0 saturated carbocycles. The van der Waals surface area contributed by atoms with Gasteiger partial charge in [-0.2, -0.15) is 0 Å². The van der Waals surface area contributed by atoms with Gasteiger partial charge in [0.25, 0.3) is 0 Å². The van der Waals surface area contributed by atoms with E-state index in [1.807, 2.05) is 30.3 Å². The maximum Gasteiger partial charge on any atom is 0.120 e. The van der Waals surface area contributed by atoms with E-state index in [0.717, 1.165) is 29.7 Å². The summed E-state index contributed by atoms with van der Waals surface area (Å²) in [5.41, 5.74) is 3.35. The predicted molar refractivity (Wildman–Crippen MR) is 68.3 cm³/mol. The van der Waals surface area contributed by atoms with Crippen molar-refractivity contribution in [2.24, 2.45) is 0 Å². The van der Waals surface area contributed by atoms with Crippen molar-refractivity contribution in [2.75, 3.05) is 0 Å². The fraction of sp³-hybridized carbons (Fsp3) is 0.267. The van der Waals surface area contributed by atoms with Crippen molar-refractivity contribution < 1.29 is 9.84 Å². The topological polar surface area (TPSA) is 42.4 Å². The van der Waals surface area contributed by atoms with Gasteiger partial charge in [-0.15, -0.1) is 0 Å². The molecule has 2 aromatic rings. The number of ether oxygens (including phenoxy) is 1. The molecule has 0 unspecified atom stereocenters. The summed E-state index contributed by atoms with van der Waals surface area (Å²) in [6.07, 6.45) is 4.98. The SMILES string of the molecule is O[C@@H]1CCc2cc(OCc3ccncc3)ccc21. The number of pyridine rings is 1. The molecule has 1 aromatic heterocycles. The van der Waals surface area contributed by atoms with E-state index in [4.69, 9.17) is 4.74 Å². The van der Waals surface area contributed by atoms with Crippen molar-refractivity contribution in [3.63, 3.8) is 0 Å². The van der Waals surface area contributed by atoms with Crippen molar-refractivity contribution in [3.05, 3.63) is 59.4 Å². The third kappa shape index (κ3) is 2.22. The molecule has 0 radical (unpaired) electrons. The molecule has 0 bridgehead atoms. The molecule has 1 N–H and O–H groups in total. The monoisotopic (exact) mass is 241 g/mol. The summed E-state index contributed by atoms with van der Waals surface area (Å²) in [6.45, 7) is 0.545. The number of rotatable bonds is 3. The molecule has 1 aliphatic carbocycles. The number of hydrogen-bond acceptors (Lipinski definition) is 3. The Hall–Kier alpha value is -1.87. The Labute approximate surface area is 106 Å². The summed E-state index contributed by atoms with van der Waals surface area (Å²) in [6, 6.07) is 9.81. The van der Waals surface area contributed by atoms with Gasteiger partial charge in [-0.3, -0.25) is 4.98 Å². The van der Waals surface area contributed by atoms with Crippen molar-refractivity contribution in [2.45, 2.75) is 25.6 Å². The summed E-state index contributed by atoms with van der Waals surface area (Å²) < 4.78 is 5.74. The quantitative estimate of drug-likeness (QED) is 0.898.